The highest BCUT2D eigenvalue weighted by Gasteiger charge is 2.05. The minimum Gasteiger partial charge on any atom is -0.103 e. The van der Waals surface area contributed by atoms with E-state index in [2.05, 4.69) is 44.7 Å². The van der Waals surface area contributed by atoms with Gasteiger partial charge in [-0.25, -0.2) is 0 Å². The Morgan fingerprint density at radius 3 is 2.28 bits per heavy atom. The number of hydrogen-bond donors (Lipinski definition) is 0. The molecule has 0 bridgehead atoms. The van der Waals surface area contributed by atoms with Gasteiger partial charge in [0.25, 0.3) is 0 Å². The van der Waals surface area contributed by atoms with E-state index >= 15 is 0 Å². The first-order valence-corrected chi connectivity index (χ1v) is 7.48. The molecule has 0 saturated heterocycles. The van der Waals surface area contributed by atoms with Gasteiger partial charge in [0.05, 0.1) is 0 Å². The topological polar surface area (TPSA) is 0 Å². The van der Waals surface area contributed by atoms with E-state index in [1.807, 2.05) is 6.08 Å². The van der Waals surface area contributed by atoms with Crippen molar-refractivity contribution in [2.24, 2.45) is 5.92 Å². The molecule has 0 amide bonds. The fraction of sp³-hybridized carbons (Fsp3) is 0.556. The van der Waals surface area contributed by atoms with Crippen LogP contribution >= 0.6 is 0 Å². The zero-order valence-corrected chi connectivity index (χ0v) is 12.1. The quantitative estimate of drug-likeness (QED) is 0.499. The Balaban J connectivity index is 2.28. The molecule has 0 aromatic heterocycles. The summed E-state index contributed by atoms with van der Waals surface area (Å²) in [5.74, 6) is 0.887. The summed E-state index contributed by atoms with van der Waals surface area (Å²) in [6.07, 6.45) is 10.9. The second kappa shape index (κ2) is 8.97. The maximum Gasteiger partial charge on any atom is -0.0279 e. The van der Waals surface area contributed by atoms with Gasteiger partial charge in [-0.2, -0.15) is 0 Å². The lowest BCUT2D eigenvalue weighted by Crippen LogP contribution is -1.99. The molecular weight excluding hydrogens is 216 g/mol. The van der Waals surface area contributed by atoms with Gasteiger partial charge < -0.3 is 0 Å². The summed E-state index contributed by atoms with van der Waals surface area (Å²) in [6.45, 7) is 8.33. The maximum absolute atomic E-state index is 3.81. The van der Waals surface area contributed by atoms with Crippen LogP contribution < -0.4 is 0 Å². The highest BCUT2D eigenvalue weighted by Crippen LogP contribution is 2.19. The van der Waals surface area contributed by atoms with Gasteiger partial charge in [-0.1, -0.05) is 57.0 Å². The van der Waals surface area contributed by atoms with E-state index in [-0.39, 0.29) is 0 Å². The van der Waals surface area contributed by atoms with Crippen LogP contribution in [0, 0.1) is 5.92 Å². The summed E-state index contributed by atoms with van der Waals surface area (Å²) in [5.41, 5.74) is 2.93. The van der Waals surface area contributed by atoms with Crippen LogP contribution in [0.1, 0.15) is 57.1 Å². The molecule has 1 rings (SSSR count). The highest BCUT2D eigenvalue weighted by molar-refractivity contribution is 5.22. The summed E-state index contributed by atoms with van der Waals surface area (Å²) in [4.78, 5) is 0. The summed E-state index contributed by atoms with van der Waals surface area (Å²) >= 11 is 0. The molecule has 0 N–H and O–H groups in total. The second-order valence-electron chi connectivity index (χ2n) is 5.20. The van der Waals surface area contributed by atoms with Gasteiger partial charge in [0.2, 0.25) is 0 Å². The number of allylic oxidation sites excluding steroid dienone is 1. The lowest BCUT2D eigenvalue weighted by Gasteiger charge is -2.13. The predicted octanol–water partition coefficient (Wildman–Crippen LogP) is 5.56. The van der Waals surface area contributed by atoms with Crippen molar-refractivity contribution in [3.8, 4) is 0 Å². The van der Waals surface area contributed by atoms with Crippen molar-refractivity contribution in [3.63, 3.8) is 0 Å². The molecule has 0 aliphatic rings. The van der Waals surface area contributed by atoms with Gasteiger partial charge in [-0.3, -0.25) is 0 Å². The number of benzene rings is 1. The van der Waals surface area contributed by atoms with E-state index in [0.29, 0.717) is 0 Å². The number of aryl methyl sites for hydroxylation is 2. The van der Waals surface area contributed by atoms with Crippen LogP contribution in [0.2, 0.25) is 0 Å². The lowest BCUT2D eigenvalue weighted by molar-refractivity contribution is 0.427. The molecule has 1 unspecified atom stereocenters. The van der Waals surface area contributed by atoms with Crippen molar-refractivity contribution >= 4 is 0 Å². The van der Waals surface area contributed by atoms with E-state index in [4.69, 9.17) is 0 Å². The van der Waals surface area contributed by atoms with Crippen molar-refractivity contribution in [2.45, 2.75) is 58.8 Å². The summed E-state index contributed by atoms with van der Waals surface area (Å²) < 4.78 is 0. The van der Waals surface area contributed by atoms with Crippen molar-refractivity contribution in [1.82, 2.24) is 0 Å². The van der Waals surface area contributed by atoms with Crippen LogP contribution in [0.4, 0.5) is 0 Å². The fourth-order valence-electron chi connectivity index (χ4n) is 2.44. The van der Waals surface area contributed by atoms with E-state index in [0.717, 1.165) is 12.3 Å². The minimum atomic E-state index is 0.887. The van der Waals surface area contributed by atoms with Crippen molar-refractivity contribution in [3.05, 3.63) is 48.0 Å². The molecular formula is C18H28. The monoisotopic (exact) mass is 244 g/mol. The first-order valence-electron chi connectivity index (χ1n) is 7.48. The Bertz CT molecular complexity index is 320. The highest BCUT2D eigenvalue weighted by atomic mass is 14.1. The van der Waals surface area contributed by atoms with Crippen molar-refractivity contribution < 1.29 is 0 Å². The SMILES string of the molecule is C=CCCC(CC)CCCc1ccc(CC)cc1. The Hall–Kier alpha value is -1.04. The Kier molecular flexibility index (Phi) is 7.48. The van der Waals surface area contributed by atoms with E-state index in [1.54, 1.807) is 0 Å². The molecule has 0 saturated carbocycles. The molecule has 0 heterocycles. The predicted molar refractivity (Wildman–Crippen MR) is 82.0 cm³/mol. The molecule has 0 heteroatoms. The largest absolute Gasteiger partial charge is 0.103 e. The number of rotatable bonds is 9. The third-order valence-corrected chi connectivity index (χ3v) is 3.87. The molecule has 0 nitrogen and oxygen atoms in total. The first kappa shape index (κ1) is 15.0. The van der Waals surface area contributed by atoms with Crippen LogP contribution in [0.25, 0.3) is 0 Å². The third-order valence-electron chi connectivity index (χ3n) is 3.87. The van der Waals surface area contributed by atoms with E-state index in [1.165, 1.54) is 49.7 Å². The van der Waals surface area contributed by atoms with Gasteiger partial charge in [0.1, 0.15) is 0 Å². The maximum atomic E-state index is 3.81. The van der Waals surface area contributed by atoms with Gasteiger partial charge in [0, 0.05) is 0 Å². The number of hydrogen-bond acceptors (Lipinski definition) is 0. The van der Waals surface area contributed by atoms with Gasteiger partial charge in [-0.15, -0.1) is 6.58 Å². The summed E-state index contributed by atoms with van der Waals surface area (Å²) in [7, 11) is 0. The smallest absolute Gasteiger partial charge is 0.0279 e. The fourth-order valence-corrected chi connectivity index (χ4v) is 2.44. The Morgan fingerprint density at radius 2 is 1.72 bits per heavy atom. The first-order chi connectivity index (χ1) is 8.80. The zero-order chi connectivity index (χ0) is 13.2. The molecule has 1 aromatic rings. The van der Waals surface area contributed by atoms with Gasteiger partial charge in [0.15, 0.2) is 0 Å². The second-order valence-corrected chi connectivity index (χ2v) is 5.20. The average Bonchev–Trinajstić information content (AvgIpc) is 2.43. The minimum absolute atomic E-state index is 0.887. The summed E-state index contributed by atoms with van der Waals surface area (Å²) in [6, 6.07) is 9.13. The van der Waals surface area contributed by atoms with E-state index < -0.39 is 0 Å². The van der Waals surface area contributed by atoms with Crippen molar-refractivity contribution in [2.75, 3.05) is 0 Å². The molecule has 0 fully saturated rings. The molecule has 18 heavy (non-hydrogen) atoms. The zero-order valence-electron chi connectivity index (χ0n) is 12.1. The standard InChI is InChI=1S/C18H28/c1-4-7-9-16(5-2)10-8-11-18-14-12-17(6-3)13-15-18/h4,12-16H,1,5-11H2,2-3H3. The third kappa shape index (κ3) is 5.53. The van der Waals surface area contributed by atoms with E-state index in [9.17, 15) is 0 Å². The van der Waals surface area contributed by atoms with Crippen molar-refractivity contribution in [1.29, 1.82) is 0 Å². The van der Waals surface area contributed by atoms with Crippen LogP contribution in [-0.4, -0.2) is 0 Å². The molecule has 1 atom stereocenters. The average molecular weight is 244 g/mol. The molecule has 0 aliphatic heterocycles. The van der Waals surface area contributed by atoms with Crippen LogP contribution in [0.3, 0.4) is 0 Å². The van der Waals surface area contributed by atoms with Crippen LogP contribution in [-0.2, 0) is 12.8 Å². The molecule has 1 aromatic carbocycles. The lowest BCUT2D eigenvalue weighted by atomic mass is 9.93. The summed E-state index contributed by atoms with van der Waals surface area (Å²) in [5, 5.41) is 0. The molecule has 100 valence electrons. The van der Waals surface area contributed by atoms with Gasteiger partial charge in [-0.05, 0) is 49.1 Å². The van der Waals surface area contributed by atoms with Crippen LogP contribution in [0.5, 0.6) is 0 Å². The Morgan fingerprint density at radius 1 is 1.06 bits per heavy atom. The normalized spacial score (nSPS) is 12.3. The Labute approximate surface area is 113 Å². The molecule has 0 radical (unpaired) electrons. The van der Waals surface area contributed by atoms with Gasteiger partial charge >= 0.3 is 0 Å². The van der Waals surface area contributed by atoms with Crippen LogP contribution in [0.15, 0.2) is 36.9 Å². The molecule has 0 aliphatic carbocycles. The molecule has 0 spiro atoms.